The van der Waals surface area contributed by atoms with E-state index in [4.69, 9.17) is 5.73 Å². The molecule has 4 rings (SSSR count). The number of nitriles is 1. The van der Waals surface area contributed by atoms with Crippen molar-refractivity contribution >= 4 is 39.9 Å². The Balaban J connectivity index is 1.63. The van der Waals surface area contributed by atoms with Crippen molar-refractivity contribution in [2.24, 2.45) is 11.7 Å². The van der Waals surface area contributed by atoms with Crippen molar-refractivity contribution < 1.29 is 14.5 Å². The molecule has 1 atom stereocenters. The molecule has 9 nitrogen and oxygen atoms in total. The highest BCUT2D eigenvalue weighted by Gasteiger charge is 2.27. The first-order valence-electron chi connectivity index (χ1n) is 10.6. The molecule has 0 aliphatic heterocycles. The highest BCUT2D eigenvalue weighted by Crippen LogP contribution is 2.39. The average Bonchev–Trinajstić information content (AvgIpc) is 3.40. The lowest BCUT2D eigenvalue weighted by atomic mass is 9.88. The summed E-state index contributed by atoms with van der Waals surface area (Å²) in [6.07, 6.45) is 5.64. The van der Waals surface area contributed by atoms with Gasteiger partial charge in [0.15, 0.2) is 0 Å². The van der Waals surface area contributed by atoms with Crippen molar-refractivity contribution in [1.82, 2.24) is 4.57 Å². The fraction of sp³-hybridized carbons (Fsp3) is 0.208. The van der Waals surface area contributed by atoms with E-state index in [1.165, 1.54) is 29.5 Å². The van der Waals surface area contributed by atoms with Crippen LogP contribution in [0.4, 0.5) is 10.7 Å². The number of nitrogens with two attached hydrogens (primary N) is 1. The lowest BCUT2D eigenvalue weighted by molar-refractivity contribution is -0.384. The van der Waals surface area contributed by atoms with Crippen LogP contribution in [0.3, 0.4) is 0 Å². The van der Waals surface area contributed by atoms with Gasteiger partial charge in [-0.05, 0) is 61.1 Å². The van der Waals surface area contributed by atoms with Crippen molar-refractivity contribution in [3.05, 3.63) is 80.0 Å². The number of rotatable bonds is 6. The van der Waals surface area contributed by atoms with Crippen molar-refractivity contribution in [3.8, 4) is 11.8 Å². The third-order valence-electron chi connectivity index (χ3n) is 5.76. The number of nitro benzene ring substituents is 1. The molecular formula is C24H21N5O4S. The number of non-ortho nitro benzene ring substituents is 1. The number of anilines is 1. The van der Waals surface area contributed by atoms with Crippen molar-refractivity contribution in [2.45, 2.75) is 26.2 Å². The maximum atomic E-state index is 13.0. The van der Waals surface area contributed by atoms with E-state index >= 15 is 0 Å². The molecule has 10 heteroatoms. The molecule has 0 saturated carbocycles. The minimum absolute atomic E-state index is 0.0385. The number of nitrogens with one attached hydrogen (secondary N) is 1. The van der Waals surface area contributed by atoms with E-state index in [0.717, 1.165) is 29.7 Å². The number of carbonyl (C=O) groups excluding carboxylic acids is 2. The van der Waals surface area contributed by atoms with Gasteiger partial charge in [0, 0.05) is 34.6 Å². The number of aromatic nitrogens is 1. The second-order valence-corrected chi connectivity index (χ2v) is 9.23. The summed E-state index contributed by atoms with van der Waals surface area (Å²) in [5, 5.41) is 23.6. The largest absolute Gasteiger partial charge is 0.365 e. The second-order valence-electron chi connectivity index (χ2n) is 8.12. The van der Waals surface area contributed by atoms with Gasteiger partial charge in [0.25, 0.3) is 17.5 Å². The molecule has 3 N–H and O–H groups in total. The van der Waals surface area contributed by atoms with E-state index < -0.39 is 16.7 Å². The first-order chi connectivity index (χ1) is 16.3. The number of primary amides is 1. The van der Waals surface area contributed by atoms with E-state index in [1.807, 2.05) is 6.07 Å². The molecule has 0 radical (unpaired) electrons. The number of hydrogen-bond acceptors (Lipinski definition) is 6. The third kappa shape index (κ3) is 4.46. The number of amides is 2. The lowest BCUT2D eigenvalue weighted by Gasteiger charge is -2.18. The van der Waals surface area contributed by atoms with Crippen molar-refractivity contribution in [2.75, 3.05) is 5.32 Å². The van der Waals surface area contributed by atoms with Crippen LogP contribution in [-0.4, -0.2) is 21.3 Å². The van der Waals surface area contributed by atoms with Gasteiger partial charge >= 0.3 is 0 Å². The minimum Gasteiger partial charge on any atom is -0.365 e. The maximum absolute atomic E-state index is 13.0. The molecule has 2 amide bonds. The summed E-state index contributed by atoms with van der Waals surface area (Å²) in [6, 6.07) is 11.3. The topological polar surface area (TPSA) is 144 Å². The van der Waals surface area contributed by atoms with E-state index in [1.54, 1.807) is 35.0 Å². The molecular weight excluding hydrogens is 454 g/mol. The Morgan fingerprint density at radius 2 is 2.06 bits per heavy atom. The fourth-order valence-electron chi connectivity index (χ4n) is 4.05. The van der Waals surface area contributed by atoms with Gasteiger partial charge in [0.05, 0.1) is 10.5 Å². The van der Waals surface area contributed by atoms with Crippen LogP contribution in [0, 0.1) is 27.4 Å². The summed E-state index contributed by atoms with van der Waals surface area (Å²) in [5.41, 5.74) is 7.81. The molecule has 3 aromatic rings. The van der Waals surface area contributed by atoms with Gasteiger partial charge in [-0.2, -0.15) is 5.26 Å². The van der Waals surface area contributed by atoms with Crippen LogP contribution in [0.15, 0.2) is 48.2 Å². The van der Waals surface area contributed by atoms with Gasteiger partial charge in [0.2, 0.25) is 0 Å². The van der Waals surface area contributed by atoms with Gasteiger partial charge in [-0.25, -0.2) is 0 Å². The first kappa shape index (κ1) is 22.9. The Kier molecular flexibility index (Phi) is 6.30. The monoisotopic (exact) mass is 475 g/mol. The standard InChI is InChI=1S/C24H21N5O4S/c1-14-4-9-19-20(11-14)34-24(21(19)22(26)30)27-23(31)15(13-25)12-18-3-2-10-28(18)16-5-7-17(8-6-16)29(32)33/h2-3,5-8,10,12,14H,4,9,11H2,1H3,(H2,26,30)(H,27,31)/b15-12+. The minimum atomic E-state index is -0.645. The molecule has 0 bridgehead atoms. The summed E-state index contributed by atoms with van der Waals surface area (Å²) >= 11 is 1.33. The molecule has 0 fully saturated rings. The van der Waals surface area contributed by atoms with Gasteiger partial charge < -0.3 is 15.6 Å². The molecule has 1 aliphatic carbocycles. The fourth-order valence-corrected chi connectivity index (χ4v) is 5.46. The molecule has 1 unspecified atom stereocenters. The molecule has 34 heavy (non-hydrogen) atoms. The number of benzene rings is 1. The van der Waals surface area contributed by atoms with Crippen LogP contribution >= 0.6 is 11.3 Å². The van der Waals surface area contributed by atoms with Crippen molar-refractivity contribution in [3.63, 3.8) is 0 Å². The molecule has 1 aromatic carbocycles. The first-order valence-corrected chi connectivity index (χ1v) is 11.4. The molecule has 1 aliphatic rings. The predicted molar refractivity (Wildman–Crippen MR) is 129 cm³/mol. The molecule has 2 heterocycles. The third-order valence-corrected chi connectivity index (χ3v) is 6.93. The average molecular weight is 476 g/mol. The van der Waals surface area contributed by atoms with Crippen LogP contribution in [-0.2, 0) is 17.6 Å². The Bertz CT molecular complexity index is 1360. The van der Waals surface area contributed by atoms with Gasteiger partial charge in [-0.15, -0.1) is 11.3 Å². The number of nitro groups is 1. The number of hydrogen-bond donors (Lipinski definition) is 2. The van der Waals surface area contributed by atoms with E-state index in [9.17, 15) is 25.0 Å². The molecule has 2 aromatic heterocycles. The smallest absolute Gasteiger partial charge is 0.269 e. The van der Waals surface area contributed by atoms with Crippen LogP contribution < -0.4 is 11.1 Å². The summed E-state index contributed by atoms with van der Waals surface area (Å²) in [5.74, 6) is -0.762. The zero-order valence-electron chi connectivity index (χ0n) is 18.3. The number of thiophene rings is 1. The van der Waals surface area contributed by atoms with E-state index in [-0.39, 0.29) is 11.3 Å². The summed E-state index contributed by atoms with van der Waals surface area (Å²) in [6.45, 7) is 2.14. The van der Waals surface area contributed by atoms with Gasteiger partial charge in [-0.1, -0.05) is 6.92 Å². The summed E-state index contributed by atoms with van der Waals surface area (Å²) < 4.78 is 1.70. The molecule has 0 saturated heterocycles. The SMILES string of the molecule is CC1CCc2c(sc(NC(=O)/C(C#N)=C/c3cccn3-c3ccc([N+](=O)[O-])cc3)c2C(N)=O)C1. The van der Waals surface area contributed by atoms with Crippen LogP contribution in [0.1, 0.15) is 39.8 Å². The van der Waals surface area contributed by atoms with Crippen LogP contribution in [0.5, 0.6) is 0 Å². The Hall–Kier alpha value is -4.23. The van der Waals surface area contributed by atoms with Crippen molar-refractivity contribution in [1.29, 1.82) is 5.26 Å². The zero-order chi connectivity index (χ0) is 24.4. The zero-order valence-corrected chi connectivity index (χ0v) is 19.1. The Morgan fingerprint density at radius 1 is 1.32 bits per heavy atom. The number of carbonyl (C=O) groups is 2. The van der Waals surface area contributed by atoms with Gasteiger partial charge in [-0.3, -0.25) is 19.7 Å². The molecule has 172 valence electrons. The van der Waals surface area contributed by atoms with Gasteiger partial charge in [0.1, 0.15) is 16.6 Å². The predicted octanol–water partition coefficient (Wildman–Crippen LogP) is 4.22. The normalized spacial score (nSPS) is 15.3. The Labute approximate surface area is 199 Å². The Morgan fingerprint density at radius 3 is 2.71 bits per heavy atom. The van der Waals surface area contributed by atoms with E-state index in [2.05, 4.69) is 12.2 Å². The second kappa shape index (κ2) is 9.33. The maximum Gasteiger partial charge on any atom is 0.269 e. The van der Waals surface area contributed by atoms with Crippen LogP contribution in [0.2, 0.25) is 0 Å². The quantitative estimate of drug-likeness (QED) is 0.237. The summed E-state index contributed by atoms with van der Waals surface area (Å²) in [7, 11) is 0. The van der Waals surface area contributed by atoms with E-state index in [0.29, 0.717) is 27.9 Å². The highest BCUT2D eigenvalue weighted by molar-refractivity contribution is 7.17. The lowest BCUT2D eigenvalue weighted by Crippen LogP contribution is -2.20. The number of fused-ring (bicyclic) bond motifs is 1. The van der Waals surface area contributed by atoms with Crippen LogP contribution in [0.25, 0.3) is 11.8 Å². The highest BCUT2D eigenvalue weighted by atomic mass is 32.1. The molecule has 0 spiro atoms. The number of nitrogens with zero attached hydrogens (tertiary/aromatic N) is 3. The summed E-state index contributed by atoms with van der Waals surface area (Å²) in [4.78, 5) is 36.5.